The van der Waals surface area contributed by atoms with Crippen LogP contribution in [0.5, 0.6) is 5.88 Å². The van der Waals surface area contributed by atoms with Crippen molar-refractivity contribution in [2.75, 3.05) is 6.54 Å². The third kappa shape index (κ3) is 5.50. The SMILES string of the molecule is CCC(C)Oc1cc(CNCC(C)C)cc(C)n1. The summed E-state index contributed by atoms with van der Waals surface area (Å²) in [6.45, 7) is 12.5. The Morgan fingerprint density at radius 2 is 2.00 bits per heavy atom. The third-order valence-corrected chi connectivity index (χ3v) is 2.77. The maximum atomic E-state index is 5.77. The zero-order valence-electron chi connectivity index (χ0n) is 12.3. The summed E-state index contributed by atoms with van der Waals surface area (Å²) in [6.07, 6.45) is 1.21. The number of aromatic nitrogens is 1. The van der Waals surface area contributed by atoms with Gasteiger partial charge in [-0.25, -0.2) is 4.98 Å². The molecule has 3 heteroatoms. The van der Waals surface area contributed by atoms with Crippen LogP contribution in [-0.4, -0.2) is 17.6 Å². The minimum absolute atomic E-state index is 0.218. The number of nitrogens with one attached hydrogen (secondary N) is 1. The lowest BCUT2D eigenvalue weighted by Crippen LogP contribution is -2.19. The first-order valence-electron chi connectivity index (χ1n) is 6.86. The Morgan fingerprint density at radius 3 is 2.61 bits per heavy atom. The van der Waals surface area contributed by atoms with Crippen molar-refractivity contribution < 1.29 is 4.74 Å². The Labute approximate surface area is 111 Å². The van der Waals surface area contributed by atoms with E-state index in [2.05, 4.69) is 44.1 Å². The van der Waals surface area contributed by atoms with Crippen molar-refractivity contribution in [2.45, 2.75) is 53.7 Å². The van der Waals surface area contributed by atoms with Crippen LogP contribution in [0.2, 0.25) is 0 Å². The van der Waals surface area contributed by atoms with Crippen LogP contribution in [0, 0.1) is 12.8 Å². The summed E-state index contributed by atoms with van der Waals surface area (Å²) in [4.78, 5) is 4.41. The van der Waals surface area contributed by atoms with E-state index in [4.69, 9.17) is 4.74 Å². The molecule has 0 aromatic carbocycles. The van der Waals surface area contributed by atoms with Crippen molar-refractivity contribution in [3.63, 3.8) is 0 Å². The van der Waals surface area contributed by atoms with Gasteiger partial charge in [-0.3, -0.25) is 0 Å². The molecule has 0 aliphatic heterocycles. The van der Waals surface area contributed by atoms with E-state index in [1.165, 1.54) is 5.56 Å². The third-order valence-electron chi connectivity index (χ3n) is 2.77. The van der Waals surface area contributed by atoms with E-state index in [9.17, 15) is 0 Å². The largest absolute Gasteiger partial charge is 0.475 e. The van der Waals surface area contributed by atoms with Gasteiger partial charge in [-0.05, 0) is 44.4 Å². The van der Waals surface area contributed by atoms with Crippen molar-refractivity contribution in [3.8, 4) is 5.88 Å². The second-order valence-electron chi connectivity index (χ2n) is 5.32. The summed E-state index contributed by atoms with van der Waals surface area (Å²) in [6, 6.07) is 4.14. The number of aryl methyl sites for hydroxylation is 1. The summed E-state index contributed by atoms with van der Waals surface area (Å²) in [5.74, 6) is 1.41. The summed E-state index contributed by atoms with van der Waals surface area (Å²) in [7, 11) is 0. The van der Waals surface area contributed by atoms with Crippen molar-refractivity contribution in [1.29, 1.82) is 0 Å². The van der Waals surface area contributed by atoms with Gasteiger partial charge in [-0.15, -0.1) is 0 Å². The van der Waals surface area contributed by atoms with Gasteiger partial charge in [-0.2, -0.15) is 0 Å². The van der Waals surface area contributed by atoms with Crippen LogP contribution in [0.15, 0.2) is 12.1 Å². The molecule has 0 saturated heterocycles. The van der Waals surface area contributed by atoms with Crippen molar-refractivity contribution in [1.82, 2.24) is 10.3 Å². The van der Waals surface area contributed by atoms with Gasteiger partial charge in [0, 0.05) is 18.3 Å². The quantitative estimate of drug-likeness (QED) is 0.806. The van der Waals surface area contributed by atoms with Crippen LogP contribution < -0.4 is 10.1 Å². The van der Waals surface area contributed by atoms with Crippen LogP contribution in [0.25, 0.3) is 0 Å². The summed E-state index contributed by atoms with van der Waals surface area (Å²) in [5, 5.41) is 3.44. The summed E-state index contributed by atoms with van der Waals surface area (Å²) < 4.78 is 5.77. The Balaban J connectivity index is 2.62. The van der Waals surface area contributed by atoms with Gasteiger partial charge in [0.05, 0.1) is 6.10 Å². The molecule has 3 nitrogen and oxygen atoms in total. The number of nitrogens with zero attached hydrogens (tertiary/aromatic N) is 1. The first-order chi connectivity index (χ1) is 8.51. The normalized spacial score (nSPS) is 12.8. The van der Waals surface area contributed by atoms with Crippen molar-refractivity contribution in [3.05, 3.63) is 23.4 Å². The molecule has 0 fully saturated rings. The average Bonchev–Trinajstić information content (AvgIpc) is 2.27. The van der Waals surface area contributed by atoms with Crippen LogP contribution in [-0.2, 0) is 6.54 Å². The Morgan fingerprint density at radius 1 is 1.28 bits per heavy atom. The summed E-state index contributed by atoms with van der Waals surface area (Å²) in [5.41, 5.74) is 2.25. The molecular weight excluding hydrogens is 224 g/mol. The van der Waals surface area contributed by atoms with E-state index in [-0.39, 0.29) is 6.10 Å². The highest BCUT2D eigenvalue weighted by molar-refractivity contribution is 5.24. The van der Waals surface area contributed by atoms with Gasteiger partial charge in [0.2, 0.25) is 5.88 Å². The molecule has 1 aromatic heterocycles. The molecule has 102 valence electrons. The van der Waals surface area contributed by atoms with Crippen molar-refractivity contribution in [2.24, 2.45) is 5.92 Å². The summed E-state index contributed by atoms with van der Waals surface area (Å²) >= 11 is 0. The second kappa shape index (κ2) is 7.37. The van der Waals surface area contributed by atoms with Gasteiger partial charge < -0.3 is 10.1 Å². The van der Waals surface area contributed by atoms with E-state index in [1.807, 2.05) is 13.0 Å². The molecule has 0 saturated carbocycles. The highest BCUT2D eigenvalue weighted by atomic mass is 16.5. The Bertz CT molecular complexity index is 364. The van der Waals surface area contributed by atoms with E-state index in [1.54, 1.807) is 0 Å². The van der Waals surface area contributed by atoms with Gasteiger partial charge in [0.15, 0.2) is 0 Å². The minimum atomic E-state index is 0.218. The fourth-order valence-corrected chi connectivity index (χ4v) is 1.66. The lowest BCUT2D eigenvalue weighted by atomic mass is 10.2. The molecule has 1 heterocycles. The molecule has 1 N–H and O–H groups in total. The molecule has 0 spiro atoms. The highest BCUT2D eigenvalue weighted by Crippen LogP contribution is 2.14. The lowest BCUT2D eigenvalue weighted by molar-refractivity contribution is 0.208. The van der Waals surface area contributed by atoms with Crippen molar-refractivity contribution >= 4 is 0 Å². The lowest BCUT2D eigenvalue weighted by Gasteiger charge is -2.14. The second-order valence-corrected chi connectivity index (χ2v) is 5.32. The van der Waals surface area contributed by atoms with Gasteiger partial charge in [-0.1, -0.05) is 20.8 Å². The molecule has 0 bridgehead atoms. The molecule has 1 atom stereocenters. The zero-order chi connectivity index (χ0) is 13.5. The Hall–Kier alpha value is -1.09. The molecule has 0 aliphatic rings. The molecule has 0 aliphatic carbocycles. The first kappa shape index (κ1) is 15.0. The Kier molecular flexibility index (Phi) is 6.13. The van der Waals surface area contributed by atoms with E-state index in [0.717, 1.165) is 31.1 Å². The maximum Gasteiger partial charge on any atom is 0.214 e. The van der Waals surface area contributed by atoms with Crippen LogP contribution in [0.1, 0.15) is 45.4 Å². The molecule has 1 unspecified atom stereocenters. The predicted molar refractivity (Wildman–Crippen MR) is 75.9 cm³/mol. The number of rotatable bonds is 7. The van der Waals surface area contributed by atoms with Crippen LogP contribution in [0.3, 0.4) is 0 Å². The number of ether oxygens (including phenoxy) is 1. The van der Waals surface area contributed by atoms with Gasteiger partial charge >= 0.3 is 0 Å². The maximum absolute atomic E-state index is 5.77. The van der Waals surface area contributed by atoms with E-state index in [0.29, 0.717) is 5.92 Å². The molecular formula is C15H26N2O. The fraction of sp³-hybridized carbons (Fsp3) is 0.667. The standard InChI is InChI=1S/C15H26N2O/c1-6-13(5)18-15-8-14(7-12(4)17-15)10-16-9-11(2)3/h7-8,11,13,16H,6,9-10H2,1-5H3. The molecule has 1 aromatic rings. The predicted octanol–water partition coefficient (Wildman–Crippen LogP) is 3.31. The highest BCUT2D eigenvalue weighted by Gasteiger charge is 2.05. The average molecular weight is 250 g/mol. The van der Waals surface area contributed by atoms with E-state index < -0.39 is 0 Å². The number of hydrogen-bond acceptors (Lipinski definition) is 3. The fourth-order valence-electron chi connectivity index (χ4n) is 1.66. The van der Waals surface area contributed by atoms with Gasteiger partial charge in [0.25, 0.3) is 0 Å². The zero-order valence-corrected chi connectivity index (χ0v) is 12.3. The first-order valence-corrected chi connectivity index (χ1v) is 6.86. The minimum Gasteiger partial charge on any atom is -0.475 e. The van der Waals surface area contributed by atoms with E-state index >= 15 is 0 Å². The molecule has 1 rings (SSSR count). The van der Waals surface area contributed by atoms with Gasteiger partial charge in [0.1, 0.15) is 0 Å². The topological polar surface area (TPSA) is 34.1 Å². The number of hydrogen-bond donors (Lipinski definition) is 1. The molecule has 18 heavy (non-hydrogen) atoms. The van der Waals surface area contributed by atoms with Crippen LogP contribution >= 0.6 is 0 Å². The number of pyridine rings is 1. The smallest absolute Gasteiger partial charge is 0.214 e. The molecule has 0 amide bonds. The molecule has 0 radical (unpaired) electrons. The monoisotopic (exact) mass is 250 g/mol. The van der Waals surface area contributed by atoms with Crippen LogP contribution in [0.4, 0.5) is 0 Å².